The summed E-state index contributed by atoms with van der Waals surface area (Å²) in [7, 11) is 1.04. The molecule has 19 heavy (non-hydrogen) atoms. The van der Waals surface area contributed by atoms with E-state index in [4.69, 9.17) is 0 Å². The topological polar surface area (TPSA) is 0 Å². The first-order valence-electron chi connectivity index (χ1n) is 7.82. The van der Waals surface area contributed by atoms with Crippen LogP contribution in [0.1, 0.15) is 52.4 Å². The summed E-state index contributed by atoms with van der Waals surface area (Å²) in [5, 5.41) is 2.25. The van der Waals surface area contributed by atoms with Crippen LogP contribution in [-0.4, -0.2) is 5.16 Å². The molecule has 3 unspecified atom stereocenters. The molecule has 3 atom stereocenters. The van der Waals surface area contributed by atoms with Crippen molar-refractivity contribution in [3.05, 3.63) is 30.3 Å². The highest BCUT2D eigenvalue weighted by Gasteiger charge is 2.59. The molecule has 0 N–H and O–H groups in total. The van der Waals surface area contributed by atoms with Crippen LogP contribution in [0.4, 0.5) is 0 Å². The van der Waals surface area contributed by atoms with E-state index in [2.05, 4.69) is 44.2 Å². The highest BCUT2D eigenvalue weighted by Crippen LogP contribution is 2.70. The number of hydrogen-bond donors (Lipinski definition) is 0. The molecule has 4 fully saturated rings. The summed E-state index contributed by atoms with van der Waals surface area (Å²) in [4.78, 5) is 0. The molecule has 4 aliphatic rings. The lowest BCUT2D eigenvalue weighted by Crippen LogP contribution is -2.56. The van der Waals surface area contributed by atoms with Crippen LogP contribution in [0.25, 0.3) is 0 Å². The van der Waals surface area contributed by atoms with E-state index in [-0.39, 0.29) is 0 Å². The third-order valence-corrected chi connectivity index (χ3v) is 7.52. The van der Waals surface area contributed by atoms with Crippen LogP contribution >= 0.6 is 8.58 Å². The zero-order chi connectivity index (χ0) is 13.1. The van der Waals surface area contributed by atoms with Crippen molar-refractivity contribution >= 4 is 13.9 Å². The van der Waals surface area contributed by atoms with Gasteiger partial charge in [-0.2, -0.15) is 0 Å². The fourth-order valence-electron chi connectivity index (χ4n) is 6.41. The molecule has 4 saturated carbocycles. The molecular formula is C18H25P. The van der Waals surface area contributed by atoms with Gasteiger partial charge in [-0.05, 0) is 65.7 Å². The van der Waals surface area contributed by atoms with Gasteiger partial charge in [0.25, 0.3) is 0 Å². The predicted octanol–water partition coefficient (Wildman–Crippen LogP) is 4.74. The molecular weight excluding hydrogens is 247 g/mol. The van der Waals surface area contributed by atoms with E-state index in [1.165, 1.54) is 38.5 Å². The molecule has 0 nitrogen and oxygen atoms in total. The van der Waals surface area contributed by atoms with Crippen LogP contribution in [0.15, 0.2) is 30.3 Å². The van der Waals surface area contributed by atoms with Crippen molar-refractivity contribution in [2.24, 2.45) is 16.7 Å². The molecule has 0 heterocycles. The minimum atomic E-state index is 0.657. The van der Waals surface area contributed by atoms with Crippen molar-refractivity contribution in [2.45, 2.75) is 57.5 Å². The van der Waals surface area contributed by atoms with Gasteiger partial charge in [-0.3, -0.25) is 0 Å². The van der Waals surface area contributed by atoms with Crippen molar-refractivity contribution < 1.29 is 0 Å². The minimum absolute atomic E-state index is 0.657. The van der Waals surface area contributed by atoms with E-state index in [1.807, 2.05) is 0 Å². The second-order valence-electron chi connectivity index (χ2n) is 8.40. The Labute approximate surface area is 119 Å². The minimum Gasteiger partial charge on any atom is -0.0840 e. The molecule has 1 aromatic rings. The normalized spacial score (nSPS) is 48.2. The molecule has 0 radical (unpaired) electrons. The molecule has 0 aromatic heterocycles. The predicted molar refractivity (Wildman–Crippen MR) is 84.5 cm³/mol. The average Bonchev–Trinajstić information content (AvgIpc) is 2.24. The van der Waals surface area contributed by atoms with E-state index in [9.17, 15) is 0 Å². The molecule has 5 rings (SSSR count). The fraction of sp³-hybridized carbons (Fsp3) is 0.667. The van der Waals surface area contributed by atoms with Crippen molar-refractivity contribution in [1.29, 1.82) is 0 Å². The maximum Gasteiger partial charge on any atom is -0.00686 e. The number of hydrogen-bond acceptors (Lipinski definition) is 0. The Hall–Kier alpha value is -0.350. The zero-order valence-electron chi connectivity index (χ0n) is 12.2. The lowest BCUT2D eigenvalue weighted by molar-refractivity contribution is -0.0785. The molecule has 102 valence electrons. The second-order valence-corrected chi connectivity index (χ2v) is 10.3. The van der Waals surface area contributed by atoms with E-state index in [0.29, 0.717) is 16.0 Å². The molecule has 0 spiro atoms. The molecule has 1 aromatic carbocycles. The molecule has 0 aliphatic heterocycles. The molecule has 1 heteroatoms. The van der Waals surface area contributed by atoms with Gasteiger partial charge in [0.15, 0.2) is 0 Å². The van der Waals surface area contributed by atoms with E-state index in [1.54, 1.807) is 5.30 Å². The summed E-state index contributed by atoms with van der Waals surface area (Å²) in [5.74, 6) is 1.03. The maximum atomic E-state index is 2.58. The lowest BCUT2D eigenvalue weighted by Gasteiger charge is -2.65. The molecule has 4 aliphatic carbocycles. The third-order valence-electron chi connectivity index (χ3n) is 5.81. The molecule has 4 bridgehead atoms. The Morgan fingerprint density at radius 1 is 0.895 bits per heavy atom. The van der Waals surface area contributed by atoms with Gasteiger partial charge < -0.3 is 0 Å². The van der Waals surface area contributed by atoms with Gasteiger partial charge in [0.1, 0.15) is 0 Å². The van der Waals surface area contributed by atoms with Crippen LogP contribution in [0.5, 0.6) is 0 Å². The maximum absolute atomic E-state index is 2.58. The van der Waals surface area contributed by atoms with Crippen LogP contribution in [0.3, 0.4) is 0 Å². The smallest absolute Gasteiger partial charge is 0.00686 e. The SMILES string of the molecule is CC12CC3CC(C)(C1)CC(Pc1ccccc1)(C3)C2. The molecule has 0 saturated heterocycles. The zero-order valence-corrected chi connectivity index (χ0v) is 13.2. The van der Waals surface area contributed by atoms with Gasteiger partial charge >= 0.3 is 0 Å². The Morgan fingerprint density at radius 3 is 2.11 bits per heavy atom. The average molecular weight is 272 g/mol. The van der Waals surface area contributed by atoms with Gasteiger partial charge in [-0.25, -0.2) is 0 Å². The largest absolute Gasteiger partial charge is 0.0840 e. The van der Waals surface area contributed by atoms with Crippen molar-refractivity contribution in [3.8, 4) is 0 Å². The number of rotatable bonds is 2. The second kappa shape index (κ2) is 3.85. The van der Waals surface area contributed by atoms with Crippen LogP contribution in [0, 0.1) is 16.7 Å². The first kappa shape index (κ1) is 12.4. The monoisotopic (exact) mass is 272 g/mol. The van der Waals surface area contributed by atoms with Gasteiger partial charge in [-0.15, -0.1) is 0 Å². The first-order valence-corrected chi connectivity index (χ1v) is 8.82. The number of benzene rings is 1. The van der Waals surface area contributed by atoms with Crippen molar-refractivity contribution in [3.63, 3.8) is 0 Å². The summed E-state index contributed by atoms with van der Waals surface area (Å²) in [6.07, 6.45) is 9.05. The van der Waals surface area contributed by atoms with Gasteiger partial charge in [0, 0.05) is 0 Å². The Morgan fingerprint density at radius 2 is 1.53 bits per heavy atom. The Balaban J connectivity index is 1.67. The van der Waals surface area contributed by atoms with E-state index < -0.39 is 0 Å². The highest BCUT2D eigenvalue weighted by atomic mass is 31.1. The van der Waals surface area contributed by atoms with Crippen LogP contribution in [0.2, 0.25) is 0 Å². The van der Waals surface area contributed by atoms with E-state index in [0.717, 1.165) is 14.5 Å². The fourth-order valence-corrected chi connectivity index (χ4v) is 8.81. The van der Waals surface area contributed by atoms with Crippen LogP contribution < -0.4 is 5.30 Å². The molecule has 0 amide bonds. The first-order chi connectivity index (χ1) is 8.99. The van der Waals surface area contributed by atoms with Crippen molar-refractivity contribution in [2.75, 3.05) is 0 Å². The summed E-state index contributed by atoms with van der Waals surface area (Å²) < 4.78 is 0. The summed E-state index contributed by atoms with van der Waals surface area (Å²) in [6.45, 7) is 5.17. The summed E-state index contributed by atoms with van der Waals surface area (Å²) in [6, 6.07) is 11.3. The Kier molecular flexibility index (Phi) is 2.51. The highest BCUT2D eigenvalue weighted by molar-refractivity contribution is 7.49. The van der Waals surface area contributed by atoms with Crippen molar-refractivity contribution in [1.82, 2.24) is 0 Å². The Bertz CT molecular complexity index is 474. The van der Waals surface area contributed by atoms with Gasteiger partial charge in [0.05, 0.1) is 0 Å². The quantitative estimate of drug-likeness (QED) is 0.682. The summed E-state index contributed by atoms with van der Waals surface area (Å²) in [5.41, 5.74) is 1.33. The van der Waals surface area contributed by atoms with Crippen LogP contribution in [-0.2, 0) is 0 Å². The lowest BCUT2D eigenvalue weighted by atomic mass is 9.45. The van der Waals surface area contributed by atoms with Gasteiger partial charge in [-0.1, -0.05) is 52.8 Å². The van der Waals surface area contributed by atoms with Gasteiger partial charge in [0.2, 0.25) is 0 Å². The standard InChI is InChI=1S/C18H25P/c1-16-8-14-9-17(2,11-16)13-18(10-14,12-16)19-15-6-4-3-5-7-15/h3-7,14,19H,8-13H2,1-2H3. The van der Waals surface area contributed by atoms with E-state index >= 15 is 0 Å². The third kappa shape index (κ3) is 2.07. The summed E-state index contributed by atoms with van der Waals surface area (Å²) >= 11 is 0.